The Morgan fingerprint density at radius 2 is 2.00 bits per heavy atom. The number of likely N-dealkylation sites (tertiary alicyclic amines) is 1. The van der Waals surface area contributed by atoms with Gasteiger partial charge < -0.3 is 9.64 Å². The van der Waals surface area contributed by atoms with Gasteiger partial charge in [0.05, 0.1) is 18.6 Å². The van der Waals surface area contributed by atoms with Crippen molar-refractivity contribution in [1.82, 2.24) is 9.80 Å². The topological polar surface area (TPSA) is 32.8 Å². The predicted molar refractivity (Wildman–Crippen MR) is 104 cm³/mol. The molecular weight excluding hydrogens is 363 g/mol. The van der Waals surface area contributed by atoms with Crippen molar-refractivity contribution >= 4 is 17.2 Å². The summed E-state index contributed by atoms with van der Waals surface area (Å²) < 4.78 is 20.0. The van der Waals surface area contributed by atoms with Crippen molar-refractivity contribution in [2.45, 2.75) is 31.4 Å². The lowest BCUT2D eigenvalue weighted by molar-refractivity contribution is -0.150. The van der Waals surface area contributed by atoms with E-state index in [1.807, 2.05) is 4.90 Å². The molecule has 0 saturated carbocycles. The number of amides is 1. The third-order valence-electron chi connectivity index (χ3n) is 5.64. The monoisotopic (exact) mass is 388 g/mol. The number of benzene rings is 1. The van der Waals surface area contributed by atoms with Crippen LogP contribution in [0.2, 0.25) is 0 Å². The molecule has 3 heterocycles. The SMILES string of the molecule is O=C(Cc1ccccc1F)N1CCC2(CC1)CN(Cc1ccsc1)CCO2. The third-order valence-corrected chi connectivity index (χ3v) is 6.37. The van der Waals surface area contributed by atoms with Crippen LogP contribution in [0, 0.1) is 5.82 Å². The maximum absolute atomic E-state index is 13.8. The first-order chi connectivity index (χ1) is 13.1. The number of rotatable bonds is 4. The predicted octanol–water partition coefficient (Wildman–Crippen LogP) is 3.32. The fraction of sp³-hybridized carbons (Fsp3) is 0.476. The van der Waals surface area contributed by atoms with Crippen LogP contribution in [0.15, 0.2) is 41.1 Å². The highest BCUT2D eigenvalue weighted by Crippen LogP contribution is 2.31. The second kappa shape index (κ2) is 8.09. The average Bonchev–Trinajstić information content (AvgIpc) is 3.17. The Morgan fingerprint density at radius 3 is 2.74 bits per heavy atom. The molecule has 0 unspecified atom stereocenters. The molecule has 0 bridgehead atoms. The van der Waals surface area contributed by atoms with Gasteiger partial charge in [0.2, 0.25) is 5.91 Å². The first kappa shape index (κ1) is 18.6. The number of hydrogen-bond donors (Lipinski definition) is 0. The summed E-state index contributed by atoms with van der Waals surface area (Å²) in [6.07, 6.45) is 1.82. The molecular formula is C21H25FN2O2S. The van der Waals surface area contributed by atoms with Gasteiger partial charge in [0.15, 0.2) is 0 Å². The summed E-state index contributed by atoms with van der Waals surface area (Å²) >= 11 is 1.73. The van der Waals surface area contributed by atoms with Crippen LogP contribution in [0.4, 0.5) is 4.39 Å². The molecule has 27 heavy (non-hydrogen) atoms. The van der Waals surface area contributed by atoms with Gasteiger partial charge in [0.1, 0.15) is 5.82 Å². The van der Waals surface area contributed by atoms with E-state index in [1.165, 1.54) is 11.6 Å². The van der Waals surface area contributed by atoms with Crippen LogP contribution in [0.25, 0.3) is 0 Å². The lowest BCUT2D eigenvalue weighted by atomic mass is 9.89. The van der Waals surface area contributed by atoms with Crippen LogP contribution in [0.5, 0.6) is 0 Å². The van der Waals surface area contributed by atoms with Gasteiger partial charge in [-0.15, -0.1) is 0 Å². The Balaban J connectivity index is 1.32. The van der Waals surface area contributed by atoms with E-state index in [1.54, 1.807) is 29.5 Å². The van der Waals surface area contributed by atoms with E-state index in [9.17, 15) is 9.18 Å². The maximum atomic E-state index is 13.8. The normalized spacial score (nSPS) is 20.1. The van der Waals surface area contributed by atoms with Gasteiger partial charge in [-0.3, -0.25) is 9.69 Å². The smallest absolute Gasteiger partial charge is 0.227 e. The fourth-order valence-corrected chi connectivity index (χ4v) is 4.74. The molecule has 2 aliphatic rings. The van der Waals surface area contributed by atoms with E-state index in [-0.39, 0.29) is 23.7 Å². The molecule has 2 aliphatic heterocycles. The molecule has 0 radical (unpaired) electrons. The van der Waals surface area contributed by atoms with Crippen molar-refractivity contribution in [1.29, 1.82) is 0 Å². The summed E-state index contributed by atoms with van der Waals surface area (Å²) in [5.41, 5.74) is 1.68. The van der Waals surface area contributed by atoms with Crippen molar-refractivity contribution in [3.05, 3.63) is 58.0 Å². The summed E-state index contributed by atoms with van der Waals surface area (Å²) in [6.45, 7) is 4.93. The van der Waals surface area contributed by atoms with E-state index < -0.39 is 0 Å². The van der Waals surface area contributed by atoms with Crippen LogP contribution in [0.1, 0.15) is 24.0 Å². The summed E-state index contributed by atoms with van der Waals surface area (Å²) in [5, 5.41) is 4.32. The number of morpholine rings is 1. The fourth-order valence-electron chi connectivity index (χ4n) is 4.08. The molecule has 2 aromatic rings. The van der Waals surface area contributed by atoms with Crippen LogP contribution in [-0.2, 0) is 22.5 Å². The van der Waals surface area contributed by atoms with Crippen LogP contribution < -0.4 is 0 Å². The average molecular weight is 389 g/mol. The Morgan fingerprint density at radius 1 is 1.19 bits per heavy atom. The van der Waals surface area contributed by atoms with Gasteiger partial charge in [-0.05, 0) is 46.9 Å². The number of thiophene rings is 1. The molecule has 0 atom stereocenters. The highest BCUT2D eigenvalue weighted by molar-refractivity contribution is 7.07. The summed E-state index contributed by atoms with van der Waals surface area (Å²) in [4.78, 5) is 16.9. The molecule has 6 heteroatoms. The van der Waals surface area contributed by atoms with E-state index in [0.29, 0.717) is 18.7 Å². The van der Waals surface area contributed by atoms with Gasteiger partial charge in [0.25, 0.3) is 0 Å². The highest BCUT2D eigenvalue weighted by atomic mass is 32.1. The quantitative estimate of drug-likeness (QED) is 0.806. The molecule has 1 aromatic carbocycles. The highest BCUT2D eigenvalue weighted by Gasteiger charge is 2.40. The molecule has 144 valence electrons. The van der Waals surface area contributed by atoms with Crippen molar-refractivity contribution in [2.24, 2.45) is 0 Å². The van der Waals surface area contributed by atoms with Gasteiger partial charge in [-0.25, -0.2) is 4.39 Å². The number of carbonyl (C=O) groups excluding carboxylic acids is 1. The van der Waals surface area contributed by atoms with E-state index in [2.05, 4.69) is 21.7 Å². The minimum Gasteiger partial charge on any atom is -0.372 e. The second-order valence-electron chi connectivity index (χ2n) is 7.52. The molecule has 0 N–H and O–H groups in total. The standard InChI is InChI=1S/C21H25FN2O2S/c22-19-4-2-1-3-18(19)13-20(25)24-8-6-21(7-9-24)16-23(10-11-26-21)14-17-5-12-27-15-17/h1-5,12,15H,6-11,13-14,16H2. The summed E-state index contributed by atoms with van der Waals surface area (Å²) in [6, 6.07) is 8.69. The maximum Gasteiger partial charge on any atom is 0.227 e. The first-order valence-electron chi connectivity index (χ1n) is 9.52. The lowest BCUT2D eigenvalue weighted by Crippen LogP contribution is -2.57. The van der Waals surface area contributed by atoms with Gasteiger partial charge in [0, 0.05) is 32.7 Å². The Labute approximate surface area is 163 Å². The van der Waals surface area contributed by atoms with Gasteiger partial charge >= 0.3 is 0 Å². The van der Waals surface area contributed by atoms with Crippen LogP contribution >= 0.6 is 11.3 Å². The van der Waals surface area contributed by atoms with Crippen molar-refractivity contribution < 1.29 is 13.9 Å². The van der Waals surface area contributed by atoms with Crippen molar-refractivity contribution in [3.63, 3.8) is 0 Å². The number of piperidine rings is 1. The number of carbonyl (C=O) groups is 1. The van der Waals surface area contributed by atoms with Crippen LogP contribution in [-0.4, -0.2) is 54.1 Å². The molecule has 4 rings (SSSR count). The molecule has 2 saturated heterocycles. The van der Waals surface area contributed by atoms with E-state index in [0.717, 1.165) is 39.1 Å². The Kier molecular flexibility index (Phi) is 5.57. The second-order valence-corrected chi connectivity index (χ2v) is 8.30. The zero-order valence-corrected chi connectivity index (χ0v) is 16.2. The minimum absolute atomic E-state index is 0.000823. The summed E-state index contributed by atoms with van der Waals surface area (Å²) in [5.74, 6) is -0.306. The molecule has 1 aromatic heterocycles. The Bertz CT molecular complexity index is 772. The van der Waals surface area contributed by atoms with Crippen LogP contribution in [0.3, 0.4) is 0 Å². The number of ether oxygens (including phenoxy) is 1. The zero-order valence-electron chi connectivity index (χ0n) is 15.4. The molecule has 2 fully saturated rings. The zero-order chi connectivity index (χ0) is 18.7. The molecule has 4 nitrogen and oxygen atoms in total. The van der Waals surface area contributed by atoms with Crippen molar-refractivity contribution in [2.75, 3.05) is 32.8 Å². The summed E-state index contributed by atoms with van der Waals surface area (Å²) in [7, 11) is 0. The van der Waals surface area contributed by atoms with Gasteiger partial charge in [-0.1, -0.05) is 18.2 Å². The minimum atomic E-state index is -0.306. The molecule has 0 aliphatic carbocycles. The molecule has 1 spiro atoms. The number of hydrogen-bond acceptors (Lipinski definition) is 4. The largest absolute Gasteiger partial charge is 0.372 e. The number of halogens is 1. The Hall–Kier alpha value is -1.76. The molecule has 1 amide bonds. The lowest BCUT2D eigenvalue weighted by Gasteiger charge is -2.47. The number of nitrogens with zero attached hydrogens (tertiary/aromatic N) is 2. The first-order valence-corrected chi connectivity index (χ1v) is 10.5. The third kappa shape index (κ3) is 4.39. The van der Waals surface area contributed by atoms with E-state index >= 15 is 0 Å². The van der Waals surface area contributed by atoms with Gasteiger partial charge in [-0.2, -0.15) is 11.3 Å². The van der Waals surface area contributed by atoms with Crippen molar-refractivity contribution in [3.8, 4) is 0 Å². The van der Waals surface area contributed by atoms with E-state index in [4.69, 9.17) is 4.74 Å².